The number of carbonyl (C=O) groups is 1. The number of nitrogens with one attached hydrogen (secondary N) is 1. The maximum Gasteiger partial charge on any atom is 0.106 e. The Labute approximate surface area is 69.4 Å². The van der Waals surface area contributed by atoms with Crippen LogP contribution in [0.4, 0.5) is 0 Å². The largest absolute Gasteiger partial charge is 0.319 e. The molecule has 1 aliphatic carbocycles. The van der Waals surface area contributed by atoms with Gasteiger partial charge in [0.05, 0.1) is 0 Å². The van der Waals surface area contributed by atoms with Crippen LogP contribution in [0, 0.1) is 5.92 Å². The Morgan fingerprint density at radius 3 is 2.27 bits per heavy atom. The van der Waals surface area contributed by atoms with Crippen molar-refractivity contribution >= 4 is 6.79 Å². The summed E-state index contributed by atoms with van der Waals surface area (Å²) in [6.45, 7) is 3.24. The molecule has 0 aromatic rings. The first kappa shape index (κ1) is 10.6. The summed E-state index contributed by atoms with van der Waals surface area (Å²) in [5.74, 6) is 0.990. The van der Waals surface area contributed by atoms with Gasteiger partial charge in [-0.2, -0.15) is 0 Å². The lowest BCUT2D eigenvalue weighted by atomic mass is 9.89. The van der Waals surface area contributed by atoms with Crippen molar-refractivity contribution in [2.75, 3.05) is 13.6 Å². The predicted molar refractivity (Wildman–Crippen MR) is 47.6 cm³/mol. The first-order chi connectivity index (χ1) is 5.43. The number of hydrogen-bond acceptors (Lipinski definition) is 2. The van der Waals surface area contributed by atoms with E-state index in [0.717, 1.165) is 5.92 Å². The lowest BCUT2D eigenvalue weighted by Crippen LogP contribution is -2.20. The van der Waals surface area contributed by atoms with E-state index in [1.165, 1.54) is 38.6 Å². The van der Waals surface area contributed by atoms with Gasteiger partial charge >= 0.3 is 0 Å². The van der Waals surface area contributed by atoms with Crippen LogP contribution in [0.1, 0.15) is 32.1 Å². The lowest BCUT2D eigenvalue weighted by Gasteiger charge is -2.20. The Kier molecular flexibility index (Phi) is 7.47. The molecule has 0 saturated heterocycles. The van der Waals surface area contributed by atoms with E-state index in [1.54, 1.807) is 0 Å². The molecule has 1 rings (SSSR count). The van der Waals surface area contributed by atoms with Crippen LogP contribution in [0.25, 0.3) is 0 Å². The van der Waals surface area contributed by atoms with Crippen molar-refractivity contribution < 1.29 is 4.79 Å². The van der Waals surface area contributed by atoms with Gasteiger partial charge in [0.25, 0.3) is 0 Å². The van der Waals surface area contributed by atoms with E-state index in [-0.39, 0.29) is 0 Å². The lowest BCUT2D eigenvalue weighted by molar-refractivity contribution is -0.0979. The van der Waals surface area contributed by atoms with E-state index in [9.17, 15) is 0 Å². The number of carbonyl (C=O) groups excluding carboxylic acids is 1. The molecule has 0 radical (unpaired) electrons. The first-order valence-electron chi connectivity index (χ1n) is 4.37. The van der Waals surface area contributed by atoms with Crippen LogP contribution < -0.4 is 5.32 Å². The Hall–Kier alpha value is -0.370. The van der Waals surface area contributed by atoms with Crippen molar-refractivity contribution in [3.63, 3.8) is 0 Å². The summed E-state index contributed by atoms with van der Waals surface area (Å²) < 4.78 is 0. The second-order valence-corrected chi connectivity index (χ2v) is 3.06. The highest BCUT2D eigenvalue weighted by Crippen LogP contribution is 2.22. The van der Waals surface area contributed by atoms with Crippen molar-refractivity contribution in [2.24, 2.45) is 5.92 Å². The SMILES string of the molecule is C=O.CNCC1CCCCC1. The summed E-state index contributed by atoms with van der Waals surface area (Å²) in [5.41, 5.74) is 0. The molecule has 0 aromatic heterocycles. The minimum absolute atomic E-state index is 0.990. The van der Waals surface area contributed by atoms with Crippen molar-refractivity contribution in [3.8, 4) is 0 Å². The molecule has 1 fully saturated rings. The molecule has 1 saturated carbocycles. The molecular weight excluding hydrogens is 138 g/mol. The summed E-state index contributed by atoms with van der Waals surface area (Å²) in [7, 11) is 2.05. The molecule has 2 heteroatoms. The number of rotatable bonds is 2. The molecule has 0 amide bonds. The fraction of sp³-hybridized carbons (Fsp3) is 0.889. The minimum Gasteiger partial charge on any atom is -0.319 e. The third-order valence-electron chi connectivity index (χ3n) is 2.22. The topological polar surface area (TPSA) is 29.1 Å². The quantitative estimate of drug-likeness (QED) is 0.659. The first-order valence-corrected chi connectivity index (χ1v) is 4.37. The molecule has 2 nitrogen and oxygen atoms in total. The normalized spacial score (nSPS) is 18.6. The van der Waals surface area contributed by atoms with Gasteiger partial charge in [-0.25, -0.2) is 0 Å². The van der Waals surface area contributed by atoms with Gasteiger partial charge < -0.3 is 10.1 Å². The Morgan fingerprint density at radius 1 is 1.27 bits per heavy atom. The zero-order valence-electron chi connectivity index (χ0n) is 7.44. The molecule has 0 aromatic carbocycles. The fourth-order valence-corrected chi connectivity index (χ4v) is 1.68. The van der Waals surface area contributed by atoms with E-state index < -0.39 is 0 Å². The fourth-order valence-electron chi connectivity index (χ4n) is 1.68. The molecular formula is C9H19NO. The summed E-state index contributed by atoms with van der Waals surface area (Å²) >= 11 is 0. The van der Waals surface area contributed by atoms with Gasteiger partial charge in [-0.1, -0.05) is 19.3 Å². The van der Waals surface area contributed by atoms with Gasteiger partial charge in [-0.05, 0) is 32.4 Å². The highest BCUT2D eigenvalue weighted by molar-refractivity contribution is 5.10. The highest BCUT2D eigenvalue weighted by Gasteiger charge is 2.11. The smallest absolute Gasteiger partial charge is 0.106 e. The van der Waals surface area contributed by atoms with E-state index in [0.29, 0.717) is 0 Å². The van der Waals surface area contributed by atoms with Crippen LogP contribution in [0.15, 0.2) is 0 Å². The average molecular weight is 157 g/mol. The maximum absolute atomic E-state index is 8.00. The highest BCUT2D eigenvalue weighted by atomic mass is 16.1. The zero-order chi connectivity index (χ0) is 8.53. The molecule has 1 aliphatic rings. The van der Waals surface area contributed by atoms with Crippen molar-refractivity contribution in [3.05, 3.63) is 0 Å². The van der Waals surface area contributed by atoms with Crippen LogP contribution in [-0.2, 0) is 4.79 Å². The maximum atomic E-state index is 8.00. The number of hydrogen-bond donors (Lipinski definition) is 1. The molecule has 1 N–H and O–H groups in total. The van der Waals surface area contributed by atoms with E-state index >= 15 is 0 Å². The summed E-state index contributed by atoms with van der Waals surface area (Å²) in [4.78, 5) is 8.00. The molecule has 0 aliphatic heterocycles. The van der Waals surface area contributed by atoms with Gasteiger partial charge in [0.1, 0.15) is 6.79 Å². The van der Waals surface area contributed by atoms with Crippen LogP contribution in [0.3, 0.4) is 0 Å². The molecule has 0 spiro atoms. The van der Waals surface area contributed by atoms with E-state index in [1.807, 2.05) is 6.79 Å². The molecule has 11 heavy (non-hydrogen) atoms. The minimum atomic E-state index is 0.990. The predicted octanol–water partition coefficient (Wildman–Crippen LogP) is 1.60. The van der Waals surface area contributed by atoms with Gasteiger partial charge in [-0.3, -0.25) is 0 Å². The van der Waals surface area contributed by atoms with Crippen molar-refractivity contribution in [2.45, 2.75) is 32.1 Å². The summed E-state index contributed by atoms with van der Waals surface area (Å²) in [6, 6.07) is 0. The second-order valence-electron chi connectivity index (χ2n) is 3.06. The van der Waals surface area contributed by atoms with Crippen LogP contribution in [0.2, 0.25) is 0 Å². The Morgan fingerprint density at radius 2 is 1.82 bits per heavy atom. The van der Waals surface area contributed by atoms with Crippen LogP contribution in [-0.4, -0.2) is 20.4 Å². The third kappa shape index (κ3) is 4.96. The Balaban J connectivity index is 0.000000461. The van der Waals surface area contributed by atoms with Crippen molar-refractivity contribution in [1.82, 2.24) is 5.32 Å². The molecule has 0 bridgehead atoms. The second kappa shape index (κ2) is 7.73. The van der Waals surface area contributed by atoms with Gasteiger partial charge in [0.15, 0.2) is 0 Å². The monoisotopic (exact) mass is 157 g/mol. The Bertz CT molecular complexity index is 76.9. The standard InChI is InChI=1S/C8H17N.CH2O/c1-9-7-8-5-3-2-4-6-8;1-2/h8-9H,2-7H2,1H3;1H2. The van der Waals surface area contributed by atoms with Crippen LogP contribution in [0.5, 0.6) is 0 Å². The average Bonchev–Trinajstić information content (AvgIpc) is 2.11. The summed E-state index contributed by atoms with van der Waals surface area (Å²) in [5, 5.41) is 3.24. The molecule has 0 heterocycles. The van der Waals surface area contributed by atoms with E-state index in [4.69, 9.17) is 4.79 Å². The summed E-state index contributed by atoms with van der Waals surface area (Å²) in [6.07, 6.45) is 7.32. The van der Waals surface area contributed by atoms with Gasteiger partial charge in [0, 0.05) is 0 Å². The van der Waals surface area contributed by atoms with E-state index in [2.05, 4.69) is 12.4 Å². The van der Waals surface area contributed by atoms with Gasteiger partial charge in [0.2, 0.25) is 0 Å². The third-order valence-corrected chi connectivity index (χ3v) is 2.22. The molecule has 0 atom stereocenters. The van der Waals surface area contributed by atoms with Crippen LogP contribution >= 0.6 is 0 Å². The zero-order valence-corrected chi connectivity index (χ0v) is 7.44. The van der Waals surface area contributed by atoms with Crippen molar-refractivity contribution in [1.29, 1.82) is 0 Å². The molecule has 0 unspecified atom stereocenters. The molecule has 66 valence electrons. The van der Waals surface area contributed by atoms with Gasteiger partial charge in [-0.15, -0.1) is 0 Å².